The summed E-state index contributed by atoms with van der Waals surface area (Å²) >= 11 is 6.54. The average Bonchev–Trinajstić information content (AvgIpc) is 3.29. The number of piperidine rings is 1. The van der Waals surface area contributed by atoms with Crippen LogP contribution in [0.1, 0.15) is 31.5 Å². The van der Waals surface area contributed by atoms with Gasteiger partial charge in [-0.15, -0.1) is 0 Å². The van der Waals surface area contributed by atoms with Gasteiger partial charge in [-0.1, -0.05) is 23.7 Å². The summed E-state index contributed by atoms with van der Waals surface area (Å²) in [6.07, 6.45) is 5.71. The van der Waals surface area contributed by atoms with Gasteiger partial charge in [0.2, 0.25) is 15.9 Å². The van der Waals surface area contributed by atoms with Crippen LogP contribution in [0.2, 0.25) is 5.02 Å². The molecule has 1 aliphatic heterocycles. The number of nitrogens with zero attached hydrogens (tertiary/aromatic N) is 5. The number of aromatic nitrogens is 4. The zero-order valence-corrected chi connectivity index (χ0v) is 20.4. The lowest BCUT2D eigenvalue weighted by atomic mass is 10.1. The second-order valence-corrected chi connectivity index (χ2v) is 10.9. The normalized spacial score (nSPS) is 16.7. The smallest absolute Gasteiger partial charge is 0.223 e. The number of hydrogen-bond donors (Lipinski definition) is 1. The van der Waals surface area contributed by atoms with Crippen molar-refractivity contribution < 1.29 is 13.2 Å². The predicted molar refractivity (Wildman–Crippen MR) is 132 cm³/mol. The Hall–Kier alpha value is -2.95. The van der Waals surface area contributed by atoms with E-state index >= 15 is 0 Å². The molecule has 9 nitrogen and oxygen atoms in total. The number of fused-ring (bicyclic) bond motifs is 2. The highest BCUT2D eigenvalue weighted by atomic mass is 35.5. The minimum Gasteiger partial charge on any atom is -0.474 e. The number of halogens is 1. The van der Waals surface area contributed by atoms with E-state index in [4.69, 9.17) is 21.3 Å². The zero-order chi connectivity index (χ0) is 23.9. The van der Waals surface area contributed by atoms with Gasteiger partial charge in [-0.05, 0) is 43.4 Å². The maximum absolute atomic E-state index is 11.8. The molecule has 1 unspecified atom stereocenters. The van der Waals surface area contributed by atoms with Crippen molar-refractivity contribution in [3.8, 4) is 5.88 Å². The predicted octanol–water partition coefficient (Wildman–Crippen LogP) is 3.91. The topological polar surface area (TPSA) is 102 Å². The number of benzene rings is 1. The van der Waals surface area contributed by atoms with Gasteiger partial charge in [-0.3, -0.25) is 0 Å². The summed E-state index contributed by atoms with van der Waals surface area (Å²) < 4.78 is 33.2. The van der Waals surface area contributed by atoms with E-state index in [1.165, 1.54) is 10.6 Å². The van der Waals surface area contributed by atoms with Crippen molar-refractivity contribution in [2.24, 2.45) is 0 Å². The molecule has 0 bridgehead atoms. The van der Waals surface area contributed by atoms with E-state index < -0.39 is 10.0 Å². The van der Waals surface area contributed by atoms with E-state index in [1.807, 2.05) is 43.3 Å². The molecular weight excluding hydrogens is 476 g/mol. The van der Waals surface area contributed by atoms with Crippen LogP contribution in [0.15, 0.2) is 48.8 Å². The molecule has 0 aliphatic carbocycles. The Balaban J connectivity index is 1.44. The lowest BCUT2D eigenvalue weighted by Gasteiger charge is -2.30. The summed E-state index contributed by atoms with van der Waals surface area (Å²) in [6.45, 7) is 2.87. The zero-order valence-electron chi connectivity index (χ0n) is 18.8. The van der Waals surface area contributed by atoms with Crippen molar-refractivity contribution in [1.82, 2.24) is 23.9 Å². The Morgan fingerprint density at radius 1 is 1.18 bits per heavy atom. The molecule has 4 heterocycles. The Morgan fingerprint density at radius 2 is 1.97 bits per heavy atom. The number of nitrogens with one attached hydrogen (secondary N) is 1. The standard InChI is InChI=1S/C23H25ClN6O3S/c1-15(27-21-6-10-25-20-7-11-26-30(20)21)19-14-16-4-3-5-18(24)22(16)23(28-19)33-17-8-12-29(13-9-17)34(2,31)32/h3-7,10-11,14-15,17,27H,8-9,12-13H2,1-2H3. The quantitative estimate of drug-likeness (QED) is 0.428. The monoisotopic (exact) mass is 500 g/mol. The Bertz CT molecular complexity index is 1450. The number of anilines is 1. The highest BCUT2D eigenvalue weighted by molar-refractivity contribution is 7.88. The molecule has 1 aromatic carbocycles. The summed E-state index contributed by atoms with van der Waals surface area (Å²) in [5.41, 5.74) is 1.54. The highest BCUT2D eigenvalue weighted by Gasteiger charge is 2.27. The molecule has 1 saturated heterocycles. The van der Waals surface area contributed by atoms with Gasteiger partial charge in [0.05, 0.1) is 34.6 Å². The van der Waals surface area contributed by atoms with Crippen molar-refractivity contribution in [3.05, 3.63) is 59.5 Å². The Kier molecular flexibility index (Phi) is 6.05. The van der Waals surface area contributed by atoms with Crippen molar-refractivity contribution in [3.63, 3.8) is 0 Å². The molecule has 0 spiro atoms. The van der Waals surface area contributed by atoms with Crippen LogP contribution in [0.5, 0.6) is 5.88 Å². The van der Waals surface area contributed by atoms with Gasteiger partial charge in [0.1, 0.15) is 11.9 Å². The largest absolute Gasteiger partial charge is 0.474 e. The number of pyridine rings is 1. The third-order valence-electron chi connectivity index (χ3n) is 6.04. The van der Waals surface area contributed by atoms with E-state index in [2.05, 4.69) is 15.4 Å². The van der Waals surface area contributed by atoms with E-state index in [9.17, 15) is 8.42 Å². The summed E-state index contributed by atoms with van der Waals surface area (Å²) in [6, 6.07) is 11.2. The second kappa shape index (κ2) is 9.01. The highest BCUT2D eigenvalue weighted by Crippen LogP contribution is 2.35. The molecule has 0 amide bonds. The fourth-order valence-electron chi connectivity index (χ4n) is 4.24. The lowest BCUT2D eigenvalue weighted by molar-refractivity contribution is 0.132. The molecule has 34 heavy (non-hydrogen) atoms. The average molecular weight is 501 g/mol. The molecule has 1 fully saturated rings. The lowest BCUT2D eigenvalue weighted by Crippen LogP contribution is -2.41. The van der Waals surface area contributed by atoms with Crippen LogP contribution in [0.3, 0.4) is 0 Å². The van der Waals surface area contributed by atoms with E-state index in [0.717, 1.165) is 27.9 Å². The SMILES string of the molecule is CC(Nc1ccnc2ccnn12)c1cc2cccc(Cl)c2c(OC2CCN(S(C)(=O)=O)CC2)n1. The van der Waals surface area contributed by atoms with Gasteiger partial charge >= 0.3 is 0 Å². The second-order valence-electron chi connectivity index (χ2n) is 8.47. The Labute approximate surface area is 202 Å². The first-order valence-electron chi connectivity index (χ1n) is 11.1. The molecule has 4 aromatic rings. The minimum absolute atomic E-state index is 0.146. The third kappa shape index (κ3) is 4.53. The number of ether oxygens (including phenoxy) is 1. The van der Waals surface area contributed by atoms with Crippen LogP contribution in [-0.4, -0.2) is 57.8 Å². The van der Waals surface area contributed by atoms with Gasteiger partial charge in [0, 0.05) is 25.4 Å². The summed E-state index contributed by atoms with van der Waals surface area (Å²) in [5.74, 6) is 1.26. The van der Waals surface area contributed by atoms with Gasteiger partial charge in [-0.2, -0.15) is 9.61 Å². The fourth-order valence-corrected chi connectivity index (χ4v) is 5.37. The van der Waals surface area contributed by atoms with Crippen LogP contribution in [0.4, 0.5) is 5.82 Å². The van der Waals surface area contributed by atoms with Crippen LogP contribution < -0.4 is 10.1 Å². The van der Waals surface area contributed by atoms with E-state index in [0.29, 0.717) is 36.8 Å². The molecule has 11 heteroatoms. The van der Waals surface area contributed by atoms with E-state index in [1.54, 1.807) is 16.9 Å². The molecule has 1 N–H and O–H groups in total. The molecule has 0 radical (unpaired) electrons. The van der Waals surface area contributed by atoms with E-state index in [-0.39, 0.29) is 12.1 Å². The van der Waals surface area contributed by atoms with Gasteiger partial charge < -0.3 is 10.1 Å². The Morgan fingerprint density at radius 3 is 2.74 bits per heavy atom. The number of sulfonamides is 1. The van der Waals surface area contributed by atoms with Crippen molar-refractivity contribution in [2.75, 3.05) is 24.7 Å². The molecule has 3 aromatic heterocycles. The summed E-state index contributed by atoms with van der Waals surface area (Å²) in [4.78, 5) is 9.14. The first-order valence-corrected chi connectivity index (χ1v) is 13.3. The van der Waals surface area contributed by atoms with Crippen molar-refractivity contribution in [2.45, 2.75) is 31.9 Å². The molecule has 1 aliphatic rings. The number of hydrogen-bond acceptors (Lipinski definition) is 7. The minimum atomic E-state index is -3.20. The van der Waals surface area contributed by atoms with Crippen molar-refractivity contribution in [1.29, 1.82) is 0 Å². The summed E-state index contributed by atoms with van der Waals surface area (Å²) in [5, 5.41) is 10.0. The molecule has 5 rings (SSSR count). The van der Waals surface area contributed by atoms with Gasteiger partial charge in [0.15, 0.2) is 5.65 Å². The summed E-state index contributed by atoms with van der Waals surface area (Å²) in [7, 11) is -3.20. The van der Waals surface area contributed by atoms with Gasteiger partial charge in [-0.25, -0.2) is 22.7 Å². The maximum atomic E-state index is 11.8. The molecular formula is C23H25ClN6O3S. The maximum Gasteiger partial charge on any atom is 0.223 e. The van der Waals surface area contributed by atoms with Crippen LogP contribution in [-0.2, 0) is 10.0 Å². The van der Waals surface area contributed by atoms with Crippen LogP contribution in [0.25, 0.3) is 16.4 Å². The first-order chi connectivity index (χ1) is 16.3. The van der Waals surface area contributed by atoms with Gasteiger partial charge in [0.25, 0.3) is 0 Å². The van der Waals surface area contributed by atoms with Crippen LogP contribution >= 0.6 is 11.6 Å². The molecule has 1 atom stereocenters. The molecule has 178 valence electrons. The first kappa shape index (κ1) is 22.8. The fraction of sp³-hybridized carbons (Fsp3) is 0.348. The number of rotatable bonds is 6. The third-order valence-corrected chi connectivity index (χ3v) is 7.66. The molecule has 0 saturated carbocycles. The van der Waals surface area contributed by atoms with Crippen molar-refractivity contribution >= 4 is 43.9 Å². The van der Waals surface area contributed by atoms with Crippen LogP contribution in [0, 0.1) is 0 Å².